The van der Waals surface area contributed by atoms with E-state index in [4.69, 9.17) is 5.11 Å². The monoisotopic (exact) mass is 278 g/mol. The highest BCUT2D eigenvalue weighted by Gasteiger charge is 2.16. The molecule has 0 saturated carbocycles. The maximum Gasteiger partial charge on any atom is 0.356 e. The molecule has 0 saturated heterocycles. The van der Waals surface area contributed by atoms with Crippen molar-refractivity contribution in [2.45, 2.75) is 6.92 Å². The molecular formula is C17H14N2O2. The number of rotatable bonds is 3. The van der Waals surface area contributed by atoms with Gasteiger partial charge in [-0.15, -0.1) is 0 Å². The first kappa shape index (κ1) is 13.1. The SMILES string of the molecule is Cc1c(C(=O)O)n[nH]c1-c1cccc(-c2ccccc2)c1. The minimum atomic E-state index is -1.02. The van der Waals surface area contributed by atoms with Crippen LogP contribution in [0.1, 0.15) is 16.1 Å². The van der Waals surface area contributed by atoms with Gasteiger partial charge in [0.25, 0.3) is 0 Å². The Kier molecular flexibility index (Phi) is 3.28. The number of carbonyl (C=O) groups is 1. The van der Waals surface area contributed by atoms with E-state index in [2.05, 4.69) is 10.2 Å². The summed E-state index contributed by atoms with van der Waals surface area (Å²) in [5.41, 5.74) is 4.58. The second kappa shape index (κ2) is 5.25. The van der Waals surface area contributed by atoms with Gasteiger partial charge in [-0.1, -0.05) is 48.5 Å². The van der Waals surface area contributed by atoms with Crippen molar-refractivity contribution in [1.29, 1.82) is 0 Å². The number of carboxylic acids is 1. The van der Waals surface area contributed by atoms with Gasteiger partial charge in [0.15, 0.2) is 5.69 Å². The van der Waals surface area contributed by atoms with Crippen molar-refractivity contribution in [3.05, 3.63) is 65.9 Å². The molecule has 4 nitrogen and oxygen atoms in total. The van der Waals surface area contributed by atoms with Gasteiger partial charge in [-0.05, 0) is 24.1 Å². The third-order valence-corrected chi connectivity index (χ3v) is 3.47. The molecule has 0 aliphatic carbocycles. The quantitative estimate of drug-likeness (QED) is 0.766. The maximum atomic E-state index is 11.1. The number of aromatic carboxylic acids is 1. The first-order valence-electron chi connectivity index (χ1n) is 6.61. The molecule has 3 rings (SSSR count). The van der Waals surface area contributed by atoms with Crippen LogP contribution in [0.25, 0.3) is 22.4 Å². The van der Waals surface area contributed by atoms with Crippen molar-refractivity contribution in [2.75, 3.05) is 0 Å². The molecule has 0 bridgehead atoms. The molecule has 104 valence electrons. The fraction of sp³-hybridized carbons (Fsp3) is 0.0588. The van der Waals surface area contributed by atoms with Crippen molar-refractivity contribution in [3.8, 4) is 22.4 Å². The van der Waals surface area contributed by atoms with Gasteiger partial charge in [0.05, 0.1) is 5.69 Å². The fourth-order valence-corrected chi connectivity index (χ4v) is 2.37. The van der Waals surface area contributed by atoms with Gasteiger partial charge in [0, 0.05) is 11.1 Å². The van der Waals surface area contributed by atoms with Gasteiger partial charge in [0.1, 0.15) is 0 Å². The average Bonchev–Trinajstić information content (AvgIpc) is 2.90. The van der Waals surface area contributed by atoms with E-state index in [0.717, 1.165) is 22.4 Å². The Morgan fingerprint density at radius 1 is 1.00 bits per heavy atom. The summed E-state index contributed by atoms with van der Waals surface area (Å²) in [6.07, 6.45) is 0. The zero-order valence-corrected chi connectivity index (χ0v) is 11.5. The number of hydrogen-bond donors (Lipinski definition) is 2. The van der Waals surface area contributed by atoms with E-state index in [1.807, 2.05) is 54.6 Å². The molecular weight excluding hydrogens is 264 g/mol. The molecule has 2 aromatic carbocycles. The Hall–Kier alpha value is -2.88. The lowest BCUT2D eigenvalue weighted by molar-refractivity contribution is 0.0689. The highest BCUT2D eigenvalue weighted by atomic mass is 16.4. The van der Waals surface area contributed by atoms with E-state index in [9.17, 15) is 4.79 Å². The van der Waals surface area contributed by atoms with Crippen molar-refractivity contribution in [2.24, 2.45) is 0 Å². The molecule has 0 radical (unpaired) electrons. The molecule has 1 aromatic heterocycles. The maximum absolute atomic E-state index is 11.1. The zero-order chi connectivity index (χ0) is 14.8. The highest BCUT2D eigenvalue weighted by molar-refractivity contribution is 5.89. The number of aromatic amines is 1. The second-order valence-electron chi connectivity index (χ2n) is 4.82. The van der Waals surface area contributed by atoms with Crippen LogP contribution in [0.5, 0.6) is 0 Å². The normalized spacial score (nSPS) is 10.5. The summed E-state index contributed by atoms with van der Waals surface area (Å²) in [6, 6.07) is 18.0. The van der Waals surface area contributed by atoms with E-state index < -0.39 is 5.97 Å². The summed E-state index contributed by atoms with van der Waals surface area (Å²) >= 11 is 0. The molecule has 0 amide bonds. The van der Waals surface area contributed by atoms with Crippen LogP contribution in [-0.4, -0.2) is 21.3 Å². The first-order valence-corrected chi connectivity index (χ1v) is 6.61. The van der Waals surface area contributed by atoms with E-state index in [1.54, 1.807) is 6.92 Å². The van der Waals surface area contributed by atoms with Gasteiger partial charge in [0.2, 0.25) is 0 Å². The summed E-state index contributed by atoms with van der Waals surface area (Å²) in [5, 5.41) is 15.8. The average molecular weight is 278 g/mol. The number of hydrogen-bond acceptors (Lipinski definition) is 2. The van der Waals surface area contributed by atoms with Crippen LogP contribution >= 0.6 is 0 Å². The van der Waals surface area contributed by atoms with E-state index in [-0.39, 0.29) is 5.69 Å². The molecule has 0 atom stereocenters. The predicted octanol–water partition coefficient (Wildman–Crippen LogP) is 3.75. The molecule has 0 unspecified atom stereocenters. The summed E-state index contributed by atoms with van der Waals surface area (Å²) in [7, 11) is 0. The fourth-order valence-electron chi connectivity index (χ4n) is 2.37. The number of aromatic nitrogens is 2. The van der Waals surface area contributed by atoms with Crippen LogP contribution in [0.15, 0.2) is 54.6 Å². The Labute approximate surface area is 122 Å². The van der Waals surface area contributed by atoms with Crippen molar-refractivity contribution in [1.82, 2.24) is 10.2 Å². The smallest absolute Gasteiger partial charge is 0.356 e. The highest BCUT2D eigenvalue weighted by Crippen LogP contribution is 2.28. The largest absolute Gasteiger partial charge is 0.476 e. The molecule has 21 heavy (non-hydrogen) atoms. The molecule has 0 aliphatic heterocycles. The topological polar surface area (TPSA) is 66.0 Å². The summed E-state index contributed by atoms with van der Waals surface area (Å²) in [5.74, 6) is -1.02. The molecule has 3 aromatic rings. The van der Waals surface area contributed by atoms with Gasteiger partial charge in [-0.2, -0.15) is 5.10 Å². The third-order valence-electron chi connectivity index (χ3n) is 3.47. The molecule has 4 heteroatoms. The third kappa shape index (κ3) is 2.43. The molecule has 0 aliphatic rings. The number of benzene rings is 2. The molecule has 2 N–H and O–H groups in total. The second-order valence-corrected chi connectivity index (χ2v) is 4.82. The Morgan fingerprint density at radius 3 is 2.33 bits per heavy atom. The summed E-state index contributed by atoms with van der Waals surface area (Å²) < 4.78 is 0. The van der Waals surface area contributed by atoms with Gasteiger partial charge in [-0.25, -0.2) is 4.79 Å². The standard InChI is InChI=1S/C17H14N2O2/c1-11-15(18-19-16(11)17(20)21)14-9-5-8-13(10-14)12-6-3-2-4-7-12/h2-10H,1H3,(H,18,19)(H,20,21). The minimum absolute atomic E-state index is 0.0649. The lowest BCUT2D eigenvalue weighted by Crippen LogP contribution is -1.98. The summed E-state index contributed by atoms with van der Waals surface area (Å²) in [6.45, 7) is 1.76. The number of nitrogens with zero attached hydrogens (tertiary/aromatic N) is 1. The number of nitrogens with one attached hydrogen (secondary N) is 1. The zero-order valence-electron chi connectivity index (χ0n) is 11.5. The minimum Gasteiger partial charge on any atom is -0.476 e. The number of H-pyrrole nitrogens is 1. The van der Waals surface area contributed by atoms with Crippen LogP contribution in [0.3, 0.4) is 0 Å². The summed E-state index contributed by atoms with van der Waals surface area (Å²) in [4.78, 5) is 11.1. The Bertz CT molecular complexity index is 792. The first-order chi connectivity index (χ1) is 10.2. The van der Waals surface area contributed by atoms with Crippen LogP contribution in [0, 0.1) is 6.92 Å². The Morgan fingerprint density at radius 2 is 1.67 bits per heavy atom. The van der Waals surface area contributed by atoms with Crippen LogP contribution in [0.2, 0.25) is 0 Å². The van der Waals surface area contributed by atoms with Crippen LogP contribution < -0.4 is 0 Å². The van der Waals surface area contributed by atoms with Crippen molar-refractivity contribution < 1.29 is 9.90 Å². The van der Waals surface area contributed by atoms with E-state index in [1.165, 1.54) is 0 Å². The number of carboxylic acid groups (broad SMARTS) is 1. The Balaban J connectivity index is 2.07. The van der Waals surface area contributed by atoms with Crippen molar-refractivity contribution in [3.63, 3.8) is 0 Å². The molecule has 0 fully saturated rings. The lowest BCUT2D eigenvalue weighted by Gasteiger charge is -2.05. The van der Waals surface area contributed by atoms with E-state index >= 15 is 0 Å². The van der Waals surface area contributed by atoms with E-state index in [0.29, 0.717) is 5.56 Å². The van der Waals surface area contributed by atoms with Gasteiger partial charge >= 0.3 is 5.97 Å². The van der Waals surface area contributed by atoms with Gasteiger partial charge in [-0.3, -0.25) is 5.10 Å². The predicted molar refractivity (Wildman–Crippen MR) is 81.2 cm³/mol. The van der Waals surface area contributed by atoms with Gasteiger partial charge < -0.3 is 5.11 Å². The van der Waals surface area contributed by atoms with Crippen molar-refractivity contribution >= 4 is 5.97 Å². The molecule has 0 spiro atoms. The van der Waals surface area contributed by atoms with Crippen LogP contribution in [0.4, 0.5) is 0 Å². The molecule has 1 heterocycles. The van der Waals surface area contributed by atoms with Crippen LogP contribution in [-0.2, 0) is 0 Å². The lowest BCUT2D eigenvalue weighted by atomic mass is 10.00.